The Balaban J connectivity index is 1.64. The van der Waals surface area contributed by atoms with Gasteiger partial charge in [-0.25, -0.2) is 9.07 Å². The van der Waals surface area contributed by atoms with Gasteiger partial charge >= 0.3 is 0 Å². The Bertz CT molecular complexity index is 1380. The maximum atomic E-state index is 14.6. The number of aromatic nitrogens is 3. The molecule has 8 nitrogen and oxygen atoms in total. The van der Waals surface area contributed by atoms with Gasteiger partial charge in [-0.1, -0.05) is 49.4 Å². The fraction of sp³-hybridized carbons (Fsp3) is 0.286. The van der Waals surface area contributed by atoms with Crippen molar-refractivity contribution in [3.63, 3.8) is 0 Å². The topological polar surface area (TPSA) is 83.4 Å². The van der Waals surface area contributed by atoms with Crippen LogP contribution in [0.4, 0.5) is 15.8 Å². The highest BCUT2D eigenvalue weighted by atomic mass is 19.1. The Morgan fingerprint density at radius 2 is 1.65 bits per heavy atom. The summed E-state index contributed by atoms with van der Waals surface area (Å²) in [4.78, 5) is 30.7. The minimum Gasteiger partial charge on any atom is -0.378 e. The van der Waals surface area contributed by atoms with Gasteiger partial charge in [-0.2, -0.15) is 0 Å². The number of carbonyl (C=O) groups is 2. The number of benzene rings is 3. The van der Waals surface area contributed by atoms with Crippen LogP contribution >= 0.6 is 0 Å². The lowest BCUT2D eigenvalue weighted by Crippen LogP contribution is -2.51. The molecule has 4 rings (SSSR count). The lowest BCUT2D eigenvalue weighted by atomic mass is 10.00. The van der Waals surface area contributed by atoms with Crippen molar-refractivity contribution in [3.05, 3.63) is 84.2 Å². The van der Waals surface area contributed by atoms with E-state index in [0.717, 1.165) is 5.69 Å². The third kappa shape index (κ3) is 5.94. The highest BCUT2D eigenvalue weighted by Crippen LogP contribution is 2.22. The van der Waals surface area contributed by atoms with Crippen LogP contribution in [-0.2, 0) is 22.7 Å². The summed E-state index contributed by atoms with van der Waals surface area (Å²) in [6, 6.07) is 20.2. The van der Waals surface area contributed by atoms with Crippen molar-refractivity contribution in [1.29, 1.82) is 0 Å². The molecule has 3 aromatic carbocycles. The van der Waals surface area contributed by atoms with E-state index in [1.807, 2.05) is 81.4 Å². The van der Waals surface area contributed by atoms with Gasteiger partial charge in [0.2, 0.25) is 11.8 Å². The average molecular weight is 503 g/mol. The summed E-state index contributed by atoms with van der Waals surface area (Å²) in [5, 5.41) is 11.2. The zero-order valence-electron chi connectivity index (χ0n) is 21.4. The fourth-order valence-electron chi connectivity index (χ4n) is 4.27. The van der Waals surface area contributed by atoms with Crippen molar-refractivity contribution in [2.45, 2.75) is 33.0 Å². The number of amides is 2. The zero-order chi connectivity index (χ0) is 26.5. The number of carbonyl (C=O) groups excluding carboxylic acids is 2. The molecule has 0 aliphatic carbocycles. The Kier molecular flexibility index (Phi) is 7.81. The lowest BCUT2D eigenvalue weighted by Gasteiger charge is -2.34. The molecule has 4 aromatic rings. The standard InChI is InChI=1S/C28H31FN6O2/c1-19(2)27(28(37)30-21-13-15-22(16-14-21)33(3)4)34(17-20-9-5-6-10-23(20)29)26(36)18-35-25-12-8-7-11-24(25)31-32-35/h5-16,19,27H,17-18H2,1-4H3,(H,30,37). The fourth-order valence-corrected chi connectivity index (χ4v) is 4.27. The molecule has 0 saturated heterocycles. The number of hydrogen-bond donors (Lipinski definition) is 1. The van der Waals surface area contributed by atoms with Crippen molar-refractivity contribution in [1.82, 2.24) is 19.9 Å². The lowest BCUT2D eigenvalue weighted by molar-refractivity contribution is -0.141. The van der Waals surface area contributed by atoms with E-state index in [0.29, 0.717) is 22.3 Å². The van der Waals surface area contributed by atoms with Crippen LogP contribution in [0.5, 0.6) is 0 Å². The van der Waals surface area contributed by atoms with Gasteiger partial charge in [0.1, 0.15) is 23.9 Å². The van der Waals surface area contributed by atoms with Gasteiger partial charge in [0.25, 0.3) is 0 Å². The van der Waals surface area contributed by atoms with E-state index in [-0.39, 0.29) is 30.8 Å². The van der Waals surface area contributed by atoms with E-state index in [4.69, 9.17) is 0 Å². The molecule has 0 aliphatic rings. The summed E-state index contributed by atoms with van der Waals surface area (Å²) in [7, 11) is 3.87. The first-order chi connectivity index (χ1) is 17.7. The summed E-state index contributed by atoms with van der Waals surface area (Å²) in [6.07, 6.45) is 0. The molecule has 1 unspecified atom stereocenters. The molecule has 1 atom stereocenters. The molecular weight excluding hydrogens is 471 g/mol. The van der Waals surface area contributed by atoms with Crippen LogP contribution in [-0.4, -0.2) is 51.8 Å². The predicted octanol–water partition coefficient (Wildman–Crippen LogP) is 4.33. The number of nitrogens with one attached hydrogen (secondary N) is 1. The monoisotopic (exact) mass is 502 g/mol. The van der Waals surface area contributed by atoms with Gasteiger partial charge < -0.3 is 15.1 Å². The summed E-state index contributed by atoms with van der Waals surface area (Å²) in [6.45, 7) is 3.54. The highest BCUT2D eigenvalue weighted by Gasteiger charge is 2.33. The Labute approximate surface area is 215 Å². The number of hydrogen-bond acceptors (Lipinski definition) is 5. The van der Waals surface area contributed by atoms with Crippen LogP contribution in [0.25, 0.3) is 11.0 Å². The third-order valence-electron chi connectivity index (χ3n) is 6.21. The van der Waals surface area contributed by atoms with E-state index < -0.39 is 11.9 Å². The normalized spacial score (nSPS) is 11.9. The second-order valence-corrected chi connectivity index (χ2v) is 9.47. The molecule has 1 aromatic heterocycles. The van der Waals surface area contributed by atoms with Crippen LogP contribution in [0.2, 0.25) is 0 Å². The van der Waals surface area contributed by atoms with E-state index in [9.17, 15) is 14.0 Å². The molecule has 37 heavy (non-hydrogen) atoms. The number of nitrogens with zero attached hydrogens (tertiary/aromatic N) is 5. The minimum atomic E-state index is -0.851. The molecule has 0 radical (unpaired) electrons. The quantitative estimate of drug-likeness (QED) is 0.368. The second-order valence-electron chi connectivity index (χ2n) is 9.47. The Morgan fingerprint density at radius 1 is 0.973 bits per heavy atom. The number of rotatable bonds is 9. The van der Waals surface area contributed by atoms with Crippen molar-refractivity contribution >= 4 is 34.2 Å². The molecule has 9 heteroatoms. The first kappa shape index (κ1) is 25.8. The van der Waals surface area contributed by atoms with Gasteiger partial charge in [0.15, 0.2) is 0 Å². The summed E-state index contributed by atoms with van der Waals surface area (Å²) in [5.74, 6) is -1.39. The van der Waals surface area contributed by atoms with Gasteiger partial charge in [-0.15, -0.1) is 5.10 Å². The second kappa shape index (κ2) is 11.2. The van der Waals surface area contributed by atoms with Gasteiger partial charge in [0, 0.05) is 37.6 Å². The smallest absolute Gasteiger partial charge is 0.247 e. The third-order valence-corrected chi connectivity index (χ3v) is 6.21. The zero-order valence-corrected chi connectivity index (χ0v) is 21.4. The SMILES string of the molecule is CC(C)C(C(=O)Nc1ccc(N(C)C)cc1)N(Cc1ccccc1F)C(=O)Cn1nnc2ccccc21. The Hall–Kier alpha value is -4.27. The van der Waals surface area contributed by atoms with E-state index in [1.54, 1.807) is 18.2 Å². The van der Waals surface area contributed by atoms with Crippen LogP contribution in [0, 0.1) is 11.7 Å². The predicted molar refractivity (Wildman–Crippen MR) is 143 cm³/mol. The summed E-state index contributed by atoms with van der Waals surface area (Å²) >= 11 is 0. The molecule has 0 saturated carbocycles. The number of para-hydroxylation sites is 1. The maximum Gasteiger partial charge on any atom is 0.247 e. The maximum absolute atomic E-state index is 14.6. The first-order valence-corrected chi connectivity index (χ1v) is 12.1. The number of fused-ring (bicyclic) bond motifs is 1. The summed E-state index contributed by atoms with van der Waals surface area (Å²) < 4.78 is 16.1. The molecule has 0 fully saturated rings. The van der Waals surface area contributed by atoms with Crippen molar-refractivity contribution in [2.24, 2.45) is 5.92 Å². The largest absolute Gasteiger partial charge is 0.378 e. The number of anilines is 2. The molecule has 192 valence electrons. The molecule has 0 spiro atoms. The minimum absolute atomic E-state index is 0.0615. The van der Waals surface area contributed by atoms with Gasteiger partial charge in [0.05, 0.1) is 5.52 Å². The van der Waals surface area contributed by atoms with Crippen LogP contribution in [0.3, 0.4) is 0 Å². The van der Waals surface area contributed by atoms with Gasteiger partial charge in [-0.05, 0) is 48.4 Å². The average Bonchev–Trinajstić information content (AvgIpc) is 3.27. The van der Waals surface area contributed by atoms with E-state index in [1.165, 1.54) is 15.6 Å². The number of halogens is 1. The first-order valence-electron chi connectivity index (χ1n) is 12.1. The van der Waals surface area contributed by atoms with Crippen LogP contribution in [0.15, 0.2) is 72.8 Å². The molecule has 0 bridgehead atoms. The summed E-state index contributed by atoms with van der Waals surface area (Å²) in [5.41, 5.74) is 3.30. The van der Waals surface area contributed by atoms with E-state index >= 15 is 0 Å². The van der Waals surface area contributed by atoms with Crippen molar-refractivity contribution < 1.29 is 14.0 Å². The van der Waals surface area contributed by atoms with Gasteiger partial charge in [-0.3, -0.25) is 9.59 Å². The molecule has 1 heterocycles. The van der Waals surface area contributed by atoms with Crippen LogP contribution in [0.1, 0.15) is 19.4 Å². The van der Waals surface area contributed by atoms with Crippen molar-refractivity contribution in [2.75, 3.05) is 24.3 Å². The molecular formula is C28H31FN6O2. The van der Waals surface area contributed by atoms with Crippen LogP contribution < -0.4 is 10.2 Å². The molecule has 0 aliphatic heterocycles. The highest BCUT2D eigenvalue weighted by molar-refractivity contribution is 5.97. The van der Waals surface area contributed by atoms with E-state index in [2.05, 4.69) is 15.6 Å². The van der Waals surface area contributed by atoms with Crippen molar-refractivity contribution in [3.8, 4) is 0 Å². The Morgan fingerprint density at radius 3 is 2.32 bits per heavy atom. The molecule has 1 N–H and O–H groups in total. The molecule has 2 amide bonds.